The van der Waals surface area contributed by atoms with Crippen LogP contribution in [0, 0.1) is 4.77 Å². The molecule has 1 N–H and O–H groups in total. The molecule has 0 radical (unpaired) electrons. The summed E-state index contributed by atoms with van der Waals surface area (Å²) in [6.07, 6.45) is 3.27. The standard InChI is InChI=1S/C14H12N4O2S/c1-19-11-6-4-10(5-7-11)9-15-18-13(16-17-14(18)21)12-3-2-8-20-12/h2-9H,1H3,(H,17,21). The molecule has 3 aromatic rings. The van der Waals surface area contributed by atoms with Gasteiger partial charge in [-0.1, -0.05) is 0 Å². The van der Waals surface area contributed by atoms with Gasteiger partial charge >= 0.3 is 0 Å². The van der Waals surface area contributed by atoms with E-state index in [0.29, 0.717) is 16.4 Å². The number of aromatic nitrogens is 3. The van der Waals surface area contributed by atoms with Gasteiger partial charge in [-0.3, -0.25) is 0 Å². The van der Waals surface area contributed by atoms with E-state index in [-0.39, 0.29) is 0 Å². The number of benzene rings is 1. The highest BCUT2D eigenvalue weighted by molar-refractivity contribution is 7.71. The highest BCUT2D eigenvalue weighted by Gasteiger charge is 2.10. The number of hydrogen-bond donors (Lipinski definition) is 1. The maximum absolute atomic E-state index is 5.32. The number of nitrogens with zero attached hydrogens (tertiary/aromatic N) is 3. The van der Waals surface area contributed by atoms with Crippen LogP contribution in [-0.4, -0.2) is 28.2 Å². The summed E-state index contributed by atoms with van der Waals surface area (Å²) in [7, 11) is 1.63. The third-order valence-electron chi connectivity index (χ3n) is 2.83. The summed E-state index contributed by atoms with van der Waals surface area (Å²) >= 11 is 5.17. The van der Waals surface area contributed by atoms with Crippen molar-refractivity contribution in [3.05, 3.63) is 53.0 Å². The van der Waals surface area contributed by atoms with Crippen molar-refractivity contribution >= 4 is 18.4 Å². The lowest BCUT2D eigenvalue weighted by Crippen LogP contribution is -1.94. The van der Waals surface area contributed by atoms with Crippen molar-refractivity contribution in [1.29, 1.82) is 0 Å². The molecule has 0 bridgehead atoms. The Balaban J connectivity index is 1.92. The van der Waals surface area contributed by atoms with Gasteiger partial charge in [0.15, 0.2) is 5.76 Å². The summed E-state index contributed by atoms with van der Waals surface area (Å²) in [5.74, 6) is 1.91. The summed E-state index contributed by atoms with van der Waals surface area (Å²) in [6, 6.07) is 11.1. The van der Waals surface area contributed by atoms with Crippen molar-refractivity contribution in [3.63, 3.8) is 0 Å². The normalized spacial score (nSPS) is 11.1. The van der Waals surface area contributed by atoms with Crippen LogP contribution >= 0.6 is 12.2 Å². The van der Waals surface area contributed by atoms with E-state index in [0.717, 1.165) is 11.3 Å². The van der Waals surface area contributed by atoms with Crippen LogP contribution in [0.15, 0.2) is 52.2 Å². The predicted octanol–water partition coefficient (Wildman–Crippen LogP) is 3.09. The molecule has 7 heteroatoms. The molecule has 0 aliphatic rings. The van der Waals surface area contributed by atoms with Gasteiger partial charge in [0.05, 0.1) is 19.6 Å². The molecule has 0 atom stereocenters. The number of nitrogens with one attached hydrogen (secondary N) is 1. The molecule has 0 saturated carbocycles. The second kappa shape index (κ2) is 5.76. The highest BCUT2D eigenvalue weighted by atomic mass is 32.1. The number of ether oxygens (including phenoxy) is 1. The molecule has 0 aliphatic carbocycles. The Kier molecular flexibility index (Phi) is 3.65. The fourth-order valence-electron chi connectivity index (χ4n) is 1.78. The summed E-state index contributed by atoms with van der Waals surface area (Å²) in [5.41, 5.74) is 0.921. The van der Waals surface area contributed by atoms with E-state index < -0.39 is 0 Å². The zero-order valence-corrected chi connectivity index (χ0v) is 12.0. The molecule has 0 amide bonds. The number of rotatable bonds is 4. The molecule has 0 aliphatic heterocycles. The topological polar surface area (TPSA) is 68.3 Å². The van der Waals surface area contributed by atoms with Crippen LogP contribution in [0.3, 0.4) is 0 Å². The van der Waals surface area contributed by atoms with E-state index in [1.807, 2.05) is 24.3 Å². The lowest BCUT2D eigenvalue weighted by molar-refractivity contribution is 0.415. The first kappa shape index (κ1) is 13.3. The molecule has 2 aromatic heterocycles. The first-order valence-corrected chi connectivity index (χ1v) is 6.58. The lowest BCUT2D eigenvalue weighted by atomic mass is 10.2. The van der Waals surface area contributed by atoms with Gasteiger partial charge in [0.2, 0.25) is 10.6 Å². The van der Waals surface area contributed by atoms with Crippen LogP contribution < -0.4 is 4.74 Å². The van der Waals surface area contributed by atoms with Crippen molar-refractivity contribution in [3.8, 4) is 17.3 Å². The molecule has 3 rings (SSSR count). The minimum atomic E-state index is 0.395. The molecule has 2 heterocycles. The van der Waals surface area contributed by atoms with Crippen LogP contribution in [0.5, 0.6) is 5.75 Å². The average molecular weight is 300 g/mol. The minimum absolute atomic E-state index is 0.395. The van der Waals surface area contributed by atoms with Crippen molar-refractivity contribution < 1.29 is 9.15 Å². The van der Waals surface area contributed by atoms with Crippen LogP contribution in [0.1, 0.15) is 5.56 Å². The summed E-state index contributed by atoms with van der Waals surface area (Å²) in [5, 5.41) is 11.2. The molecule has 0 saturated heterocycles. The molecule has 1 aromatic carbocycles. The molecule has 0 spiro atoms. The number of furan rings is 1. The number of hydrogen-bond acceptors (Lipinski definition) is 5. The Bertz CT molecular complexity index is 800. The van der Waals surface area contributed by atoms with Crippen molar-refractivity contribution in [2.45, 2.75) is 0 Å². The third kappa shape index (κ3) is 2.77. The fraction of sp³-hybridized carbons (Fsp3) is 0.0714. The van der Waals surface area contributed by atoms with Crippen molar-refractivity contribution in [2.24, 2.45) is 5.10 Å². The molecule has 21 heavy (non-hydrogen) atoms. The van der Waals surface area contributed by atoms with Crippen molar-refractivity contribution in [1.82, 2.24) is 14.9 Å². The van der Waals surface area contributed by atoms with Gasteiger partial charge < -0.3 is 9.15 Å². The Morgan fingerprint density at radius 1 is 1.33 bits per heavy atom. The maximum Gasteiger partial charge on any atom is 0.219 e. The van der Waals surface area contributed by atoms with Gasteiger partial charge in [0.1, 0.15) is 5.75 Å². The minimum Gasteiger partial charge on any atom is -0.497 e. The smallest absolute Gasteiger partial charge is 0.219 e. The summed E-state index contributed by atoms with van der Waals surface area (Å²) in [6.45, 7) is 0. The Morgan fingerprint density at radius 2 is 2.14 bits per heavy atom. The fourth-order valence-corrected chi connectivity index (χ4v) is 1.96. The highest BCUT2D eigenvalue weighted by Crippen LogP contribution is 2.17. The summed E-state index contributed by atoms with van der Waals surface area (Å²) < 4.78 is 12.3. The first-order chi connectivity index (χ1) is 10.3. The molecular weight excluding hydrogens is 288 g/mol. The Labute approximate surface area is 125 Å². The van der Waals surface area contributed by atoms with Crippen LogP contribution in [-0.2, 0) is 0 Å². The number of H-pyrrole nitrogens is 1. The van der Waals surface area contributed by atoms with E-state index in [1.165, 1.54) is 4.68 Å². The van der Waals surface area contributed by atoms with E-state index in [1.54, 1.807) is 31.7 Å². The molecule has 0 unspecified atom stereocenters. The molecular formula is C14H12N4O2S. The zero-order chi connectivity index (χ0) is 14.7. The van der Waals surface area contributed by atoms with Crippen molar-refractivity contribution in [2.75, 3.05) is 7.11 Å². The Morgan fingerprint density at radius 3 is 2.81 bits per heavy atom. The lowest BCUT2D eigenvalue weighted by Gasteiger charge is -1.99. The van der Waals surface area contributed by atoms with E-state index >= 15 is 0 Å². The second-order valence-electron chi connectivity index (χ2n) is 4.16. The van der Waals surface area contributed by atoms with Gasteiger partial charge in [-0.25, -0.2) is 5.10 Å². The number of aromatic amines is 1. The maximum atomic E-state index is 5.32. The Hall–Kier alpha value is -2.67. The molecule has 106 valence electrons. The van der Waals surface area contributed by atoms with Gasteiger partial charge in [-0.2, -0.15) is 9.78 Å². The van der Waals surface area contributed by atoms with Crippen LogP contribution in [0.4, 0.5) is 0 Å². The average Bonchev–Trinajstić information content (AvgIpc) is 3.15. The third-order valence-corrected chi connectivity index (χ3v) is 3.09. The van der Waals surface area contributed by atoms with Gasteiger partial charge in [-0.05, 0) is 54.2 Å². The summed E-state index contributed by atoms with van der Waals surface area (Å²) in [4.78, 5) is 0. The number of methoxy groups -OCH3 is 1. The zero-order valence-electron chi connectivity index (χ0n) is 11.2. The van der Waals surface area contributed by atoms with Gasteiger partial charge in [0, 0.05) is 0 Å². The largest absolute Gasteiger partial charge is 0.497 e. The predicted molar refractivity (Wildman–Crippen MR) is 81.1 cm³/mol. The van der Waals surface area contributed by atoms with Gasteiger partial charge in [-0.15, -0.1) is 5.10 Å². The second-order valence-corrected chi connectivity index (χ2v) is 4.55. The quantitative estimate of drug-likeness (QED) is 0.594. The van der Waals surface area contributed by atoms with Crippen LogP contribution in [0.2, 0.25) is 0 Å². The van der Waals surface area contributed by atoms with E-state index in [2.05, 4.69) is 15.3 Å². The molecule has 6 nitrogen and oxygen atoms in total. The SMILES string of the molecule is COc1ccc(C=Nn2c(-c3ccco3)n[nH]c2=S)cc1. The van der Waals surface area contributed by atoms with E-state index in [4.69, 9.17) is 21.4 Å². The van der Waals surface area contributed by atoms with E-state index in [9.17, 15) is 0 Å². The van der Waals surface area contributed by atoms with Gasteiger partial charge in [0.25, 0.3) is 0 Å². The molecule has 0 fully saturated rings. The monoisotopic (exact) mass is 300 g/mol. The van der Waals surface area contributed by atoms with Crippen LogP contribution in [0.25, 0.3) is 11.6 Å². The first-order valence-electron chi connectivity index (χ1n) is 6.17.